The van der Waals surface area contributed by atoms with Gasteiger partial charge in [0.2, 0.25) is 0 Å². The van der Waals surface area contributed by atoms with E-state index in [1.807, 2.05) is 0 Å². The summed E-state index contributed by atoms with van der Waals surface area (Å²) in [6.07, 6.45) is 24.9. The van der Waals surface area contributed by atoms with Crippen molar-refractivity contribution in [2.75, 3.05) is 39.8 Å². The lowest BCUT2D eigenvalue weighted by Crippen LogP contribution is -2.40. The molecule has 2 aliphatic rings. The first-order valence-corrected chi connectivity index (χ1v) is 13.2. The maximum atomic E-state index is 2.77. The minimum atomic E-state index is 1.04. The van der Waals surface area contributed by atoms with E-state index in [2.05, 4.69) is 23.8 Å². The van der Waals surface area contributed by atoms with Crippen LogP contribution in [0.3, 0.4) is 0 Å². The van der Waals surface area contributed by atoms with Gasteiger partial charge in [0.15, 0.2) is 0 Å². The van der Waals surface area contributed by atoms with Crippen LogP contribution in [0.4, 0.5) is 0 Å². The topological polar surface area (TPSA) is 6.48 Å². The van der Waals surface area contributed by atoms with Crippen molar-refractivity contribution >= 4 is 0 Å². The summed E-state index contributed by atoms with van der Waals surface area (Å²) in [4.78, 5) is 5.28. The van der Waals surface area contributed by atoms with Crippen LogP contribution in [0.5, 0.6) is 0 Å². The van der Waals surface area contributed by atoms with E-state index < -0.39 is 0 Å². The third-order valence-electron chi connectivity index (χ3n) is 7.64. The van der Waals surface area contributed by atoms with Crippen molar-refractivity contribution in [1.82, 2.24) is 9.80 Å². The minimum absolute atomic E-state index is 1.04. The maximum absolute atomic E-state index is 2.77. The zero-order valence-electron chi connectivity index (χ0n) is 19.6. The van der Waals surface area contributed by atoms with Gasteiger partial charge in [-0.1, -0.05) is 84.0 Å². The minimum Gasteiger partial charge on any atom is -0.306 e. The molecule has 2 heteroatoms. The molecule has 166 valence electrons. The highest BCUT2D eigenvalue weighted by Gasteiger charge is 2.28. The average Bonchev–Trinajstić information content (AvgIpc) is 2.72. The highest BCUT2D eigenvalue weighted by molar-refractivity contribution is 4.81. The molecular formula is C26H52N2. The number of hydrogen-bond acceptors (Lipinski definition) is 2. The fourth-order valence-electron chi connectivity index (χ4n) is 5.50. The van der Waals surface area contributed by atoms with Crippen molar-refractivity contribution in [3.63, 3.8) is 0 Å². The van der Waals surface area contributed by atoms with Crippen LogP contribution in [0.15, 0.2) is 0 Å². The molecule has 0 saturated carbocycles. The molecule has 2 aliphatic heterocycles. The van der Waals surface area contributed by atoms with Crippen molar-refractivity contribution in [3.05, 3.63) is 0 Å². The monoisotopic (exact) mass is 392 g/mol. The summed E-state index contributed by atoms with van der Waals surface area (Å²) in [6, 6.07) is 0. The van der Waals surface area contributed by atoms with E-state index in [0.717, 1.165) is 11.8 Å². The second-order valence-electron chi connectivity index (χ2n) is 10.1. The molecule has 0 unspecified atom stereocenters. The van der Waals surface area contributed by atoms with E-state index >= 15 is 0 Å². The lowest BCUT2D eigenvalue weighted by Gasteiger charge is -2.39. The molecule has 2 saturated heterocycles. The van der Waals surface area contributed by atoms with Crippen LogP contribution in [-0.4, -0.2) is 49.6 Å². The number of hydrogen-bond donors (Lipinski definition) is 0. The SMILES string of the molecule is CCCCCCCCCCCCCCCN1CCC(C2CCN(C)CC2)CC1. The number of unbranched alkanes of at least 4 members (excludes halogenated alkanes) is 12. The Morgan fingerprint density at radius 1 is 0.536 bits per heavy atom. The van der Waals surface area contributed by atoms with Gasteiger partial charge in [0.05, 0.1) is 0 Å². The number of rotatable bonds is 15. The van der Waals surface area contributed by atoms with Gasteiger partial charge in [0.1, 0.15) is 0 Å². The molecule has 0 aliphatic carbocycles. The lowest BCUT2D eigenvalue weighted by atomic mass is 9.79. The van der Waals surface area contributed by atoms with Crippen LogP contribution >= 0.6 is 0 Å². The van der Waals surface area contributed by atoms with Crippen LogP contribution in [0, 0.1) is 11.8 Å². The first kappa shape index (κ1) is 24.2. The molecule has 28 heavy (non-hydrogen) atoms. The summed E-state index contributed by atoms with van der Waals surface area (Å²) < 4.78 is 0. The fourth-order valence-corrected chi connectivity index (χ4v) is 5.50. The quantitative estimate of drug-likeness (QED) is 0.273. The van der Waals surface area contributed by atoms with E-state index in [-0.39, 0.29) is 0 Å². The van der Waals surface area contributed by atoms with Gasteiger partial charge < -0.3 is 9.80 Å². The molecule has 0 aromatic carbocycles. The molecule has 0 bridgehead atoms. The first-order chi connectivity index (χ1) is 13.8. The second-order valence-corrected chi connectivity index (χ2v) is 10.1. The highest BCUT2D eigenvalue weighted by Crippen LogP contribution is 2.32. The Morgan fingerprint density at radius 2 is 0.929 bits per heavy atom. The number of likely N-dealkylation sites (tertiary alicyclic amines) is 2. The molecule has 0 aromatic rings. The number of piperidine rings is 2. The molecular weight excluding hydrogens is 340 g/mol. The Balaban J connectivity index is 1.33. The van der Waals surface area contributed by atoms with Gasteiger partial charge in [-0.25, -0.2) is 0 Å². The normalized spacial score (nSPS) is 20.8. The highest BCUT2D eigenvalue weighted by atomic mass is 15.1. The van der Waals surface area contributed by atoms with E-state index in [4.69, 9.17) is 0 Å². The Labute approximate surface area is 177 Å². The lowest BCUT2D eigenvalue weighted by molar-refractivity contribution is 0.104. The summed E-state index contributed by atoms with van der Waals surface area (Å²) in [6.45, 7) is 9.12. The standard InChI is InChI=1S/C26H52N2/c1-3-4-5-6-7-8-9-10-11-12-13-14-15-20-28-23-18-26(19-24-28)25-16-21-27(2)22-17-25/h25-26H,3-24H2,1-2H3. The molecule has 0 atom stereocenters. The first-order valence-electron chi connectivity index (χ1n) is 13.2. The van der Waals surface area contributed by atoms with Crippen molar-refractivity contribution < 1.29 is 0 Å². The molecule has 0 spiro atoms. The Bertz CT molecular complexity index is 340. The average molecular weight is 393 g/mol. The molecule has 2 nitrogen and oxygen atoms in total. The smallest absolute Gasteiger partial charge is 0.00160 e. The van der Waals surface area contributed by atoms with Gasteiger partial charge in [-0.3, -0.25) is 0 Å². The van der Waals surface area contributed by atoms with Crippen molar-refractivity contribution in [2.45, 2.75) is 116 Å². The largest absolute Gasteiger partial charge is 0.306 e. The zero-order valence-corrected chi connectivity index (χ0v) is 19.6. The molecule has 0 amide bonds. The van der Waals surface area contributed by atoms with Crippen LogP contribution < -0.4 is 0 Å². The van der Waals surface area contributed by atoms with Gasteiger partial charge in [-0.15, -0.1) is 0 Å². The van der Waals surface area contributed by atoms with E-state index in [1.54, 1.807) is 0 Å². The predicted molar refractivity (Wildman–Crippen MR) is 125 cm³/mol. The second kappa shape index (κ2) is 15.7. The zero-order chi connectivity index (χ0) is 19.9. The van der Waals surface area contributed by atoms with Crippen LogP contribution in [0.25, 0.3) is 0 Å². The van der Waals surface area contributed by atoms with E-state index in [1.165, 1.54) is 142 Å². The van der Waals surface area contributed by atoms with Gasteiger partial charge >= 0.3 is 0 Å². The molecule has 2 heterocycles. The summed E-state index contributed by atoms with van der Waals surface area (Å²) in [5.74, 6) is 2.08. The van der Waals surface area contributed by atoms with Crippen molar-refractivity contribution in [1.29, 1.82) is 0 Å². The summed E-state index contributed by atoms with van der Waals surface area (Å²) in [5, 5.41) is 0. The van der Waals surface area contributed by atoms with Gasteiger partial charge in [0, 0.05) is 0 Å². The van der Waals surface area contributed by atoms with Crippen LogP contribution in [0.1, 0.15) is 116 Å². The summed E-state index contributed by atoms with van der Waals surface area (Å²) in [5.41, 5.74) is 0. The van der Waals surface area contributed by atoms with E-state index in [0.29, 0.717) is 0 Å². The van der Waals surface area contributed by atoms with E-state index in [9.17, 15) is 0 Å². The van der Waals surface area contributed by atoms with Crippen LogP contribution in [-0.2, 0) is 0 Å². The van der Waals surface area contributed by atoms with Gasteiger partial charge in [0.25, 0.3) is 0 Å². The Hall–Kier alpha value is -0.0800. The predicted octanol–water partition coefficient (Wildman–Crippen LogP) is 7.13. The summed E-state index contributed by atoms with van der Waals surface area (Å²) >= 11 is 0. The maximum Gasteiger partial charge on any atom is -0.00160 e. The van der Waals surface area contributed by atoms with Crippen molar-refractivity contribution in [2.24, 2.45) is 11.8 Å². The molecule has 2 fully saturated rings. The Morgan fingerprint density at radius 3 is 1.39 bits per heavy atom. The molecule has 0 aromatic heterocycles. The fraction of sp³-hybridized carbons (Fsp3) is 1.00. The Kier molecular flexibility index (Phi) is 13.6. The third-order valence-corrected chi connectivity index (χ3v) is 7.64. The van der Waals surface area contributed by atoms with Gasteiger partial charge in [-0.2, -0.15) is 0 Å². The summed E-state index contributed by atoms with van der Waals surface area (Å²) in [7, 11) is 2.29. The van der Waals surface area contributed by atoms with Crippen molar-refractivity contribution in [3.8, 4) is 0 Å². The van der Waals surface area contributed by atoms with Gasteiger partial charge in [-0.05, 0) is 83.7 Å². The molecule has 2 rings (SSSR count). The molecule has 0 N–H and O–H groups in total. The number of nitrogens with zero attached hydrogens (tertiary/aromatic N) is 2. The molecule has 0 radical (unpaired) electrons. The van der Waals surface area contributed by atoms with Crippen LogP contribution in [0.2, 0.25) is 0 Å². The third kappa shape index (κ3) is 10.6.